The number of halogens is 1. The van der Waals surface area contributed by atoms with E-state index in [1.807, 2.05) is 0 Å². The molecule has 2 fully saturated rings. The van der Waals surface area contributed by atoms with Crippen LogP contribution in [0.3, 0.4) is 0 Å². The Morgan fingerprint density at radius 1 is 1.09 bits per heavy atom. The zero-order chi connectivity index (χ0) is 31.2. The molecule has 10 nitrogen and oxygen atoms in total. The van der Waals surface area contributed by atoms with Gasteiger partial charge in [0.1, 0.15) is 11.9 Å². The fourth-order valence-electron chi connectivity index (χ4n) is 5.99. The smallest absolute Gasteiger partial charge is 0.309 e. The Bertz CT molecular complexity index is 1880. The van der Waals surface area contributed by atoms with Crippen LogP contribution in [-0.2, 0) is 19.4 Å². The van der Waals surface area contributed by atoms with E-state index in [1.54, 1.807) is 48.7 Å². The number of aromatic nitrogens is 1. The average molecular weight is 619 g/mol. The Morgan fingerprint density at radius 2 is 1.86 bits per heavy atom. The molecular weight excluding hydrogens is 587 g/mol. The molecule has 1 aromatic heterocycles. The number of ether oxygens (including phenoxy) is 1. The number of carboxylic acids is 1. The van der Waals surface area contributed by atoms with Gasteiger partial charge in [-0.15, -0.1) is 0 Å². The third kappa shape index (κ3) is 5.30. The molecule has 44 heavy (non-hydrogen) atoms. The van der Waals surface area contributed by atoms with Crippen molar-refractivity contribution in [2.24, 2.45) is 5.92 Å². The van der Waals surface area contributed by atoms with E-state index in [0.29, 0.717) is 29.9 Å². The molecule has 3 atom stereocenters. The molecule has 12 heteroatoms. The molecule has 2 aliphatic rings. The third-order valence-corrected chi connectivity index (χ3v) is 10.7. The van der Waals surface area contributed by atoms with Gasteiger partial charge in [-0.3, -0.25) is 9.59 Å². The molecule has 1 aliphatic heterocycles. The second kappa shape index (κ2) is 11.4. The van der Waals surface area contributed by atoms with Gasteiger partial charge in [-0.05, 0) is 78.2 Å². The summed E-state index contributed by atoms with van der Waals surface area (Å²) in [6, 6.07) is 15.3. The van der Waals surface area contributed by atoms with Crippen molar-refractivity contribution >= 4 is 44.0 Å². The highest BCUT2D eigenvalue weighted by atomic mass is 32.2. The van der Waals surface area contributed by atoms with Crippen molar-refractivity contribution in [1.29, 1.82) is 0 Å². The first kappa shape index (κ1) is 29.4. The van der Waals surface area contributed by atoms with Crippen molar-refractivity contribution in [1.82, 2.24) is 9.88 Å². The van der Waals surface area contributed by atoms with E-state index >= 15 is 0 Å². The monoisotopic (exact) mass is 618 g/mol. The largest absolute Gasteiger partial charge is 0.494 e. The van der Waals surface area contributed by atoms with Gasteiger partial charge in [0.05, 0.1) is 29.2 Å². The third-order valence-electron chi connectivity index (χ3n) is 8.37. The van der Waals surface area contributed by atoms with Crippen molar-refractivity contribution < 1.29 is 32.2 Å². The Kier molecular flexibility index (Phi) is 7.62. The van der Waals surface area contributed by atoms with Crippen LogP contribution in [-0.4, -0.2) is 54.2 Å². The minimum Gasteiger partial charge on any atom is -0.494 e. The Labute approximate surface area is 253 Å². The number of anilines is 2. The molecule has 1 aliphatic carbocycles. The lowest BCUT2D eigenvalue weighted by molar-refractivity contribution is -0.143. The van der Waals surface area contributed by atoms with E-state index in [1.165, 1.54) is 36.3 Å². The molecule has 4 aromatic rings. The van der Waals surface area contributed by atoms with Crippen molar-refractivity contribution in [2.75, 3.05) is 24.7 Å². The van der Waals surface area contributed by atoms with Gasteiger partial charge in [0.25, 0.3) is 0 Å². The Morgan fingerprint density at radius 3 is 2.59 bits per heavy atom. The zero-order valence-electron chi connectivity index (χ0n) is 23.8. The van der Waals surface area contributed by atoms with E-state index in [-0.39, 0.29) is 29.2 Å². The summed E-state index contributed by atoms with van der Waals surface area (Å²) in [6.07, 6.45) is 2.78. The maximum absolute atomic E-state index is 14.6. The van der Waals surface area contributed by atoms with E-state index in [4.69, 9.17) is 10.5 Å². The summed E-state index contributed by atoms with van der Waals surface area (Å²) in [7, 11) is -2.39. The normalized spacial score (nSPS) is 19.1. The highest BCUT2D eigenvalue weighted by Crippen LogP contribution is 2.44. The molecule has 0 radical (unpaired) electrons. The summed E-state index contributed by atoms with van der Waals surface area (Å²) in [5.74, 6) is -2.99. The van der Waals surface area contributed by atoms with Crippen LogP contribution in [0.25, 0.3) is 10.8 Å². The molecule has 1 amide bonds. The van der Waals surface area contributed by atoms with E-state index in [0.717, 1.165) is 10.8 Å². The fraction of sp³-hybridized carbons (Fsp3) is 0.281. The quantitative estimate of drug-likeness (QED) is 0.242. The van der Waals surface area contributed by atoms with Crippen LogP contribution in [0.5, 0.6) is 5.75 Å². The average Bonchev–Trinajstić information content (AvgIpc) is 3.79. The number of nitrogens with one attached hydrogen (secondary N) is 1. The van der Waals surface area contributed by atoms with Crippen LogP contribution in [0.1, 0.15) is 42.5 Å². The number of methoxy groups -OCH3 is 1. The second-order valence-electron chi connectivity index (χ2n) is 11.1. The highest BCUT2D eigenvalue weighted by Gasteiger charge is 2.47. The summed E-state index contributed by atoms with van der Waals surface area (Å²) in [6.45, 7) is 0.0781. The highest BCUT2D eigenvalue weighted by molar-refractivity contribution is 7.92. The first-order chi connectivity index (χ1) is 21.1. The lowest BCUT2D eigenvalue weighted by Crippen LogP contribution is -2.40. The molecule has 6 rings (SSSR count). The topological polar surface area (TPSA) is 152 Å². The maximum atomic E-state index is 14.6. The van der Waals surface area contributed by atoms with Crippen LogP contribution < -0.4 is 15.8 Å². The number of carbonyl (C=O) groups is 2. The molecule has 1 saturated carbocycles. The minimum absolute atomic E-state index is 0.0483. The van der Waals surface area contributed by atoms with Gasteiger partial charge in [0, 0.05) is 23.8 Å². The predicted octanol–water partition coefficient (Wildman–Crippen LogP) is 4.73. The predicted molar refractivity (Wildman–Crippen MR) is 162 cm³/mol. The van der Waals surface area contributed by atoms with Crippen LogP contribution in [0.2, 0.25) is 0 Å². The number of carbonyl (C=O) groups excluding carboxylic acids is 1. The molecule has 4 N–H and O–H groups in total. The molecule has 3 aromatic carbocycles. The van der Waals surface area contributed by atoms with E-state index in [2.05, 4.69) is 10.3 Å². The van der Waals surface area contributed by atoms with E-state index < -0.39 is 50.8 Å². The van der Waals surface area contributed by atoms with Crippen LogP contribution in [0, 0.1) is 11.7 Å². The number of likely N-dealkylation sites (tertiary alicyclic amines) is 1. The molecule has 1 saturated heterocycles. The molecular formula is C32H31FN4O6S. The zero-order valence-corrected chi connectivity index (χ0v) is 24.6. The van der Waals surface area contributed by atoms with Gasteiger partial charge in [-0.1, -0.05) is 24.3 Å². The fourth-order valence-corrected chi connectivity index (χ4v) is 7.89. The number of hydrogen-bond donors (Lipinski definition) is 3. The summed E-state index contributed by atoms with van der Waals surface area (Å²) in [4.78, 5) is 32.6. The van der Waals surface area contributed by atoms with Gasteiger partial charge in [-0.2, -0.15) is 0 Å². The standard InChI is InChI=1S/C32H31FN4O6S/c1-43-26-17-19(6-11-25(26)33)28(36-20-7-10-22-18(16-20)12-14-35-30(22)34)31(38)37-15-13-24(32(39)40)29(37)23-4-2-3-5-27(23)44(41,42)21-8-9-21/h2-7,10-12,14,16-17,21,24,28-29,36H,8-9,13,15H2,1H3,(H2,34,35)(H,39,40)/t24-,28?,29+/m1/s1. The lowest BCUT2D eigenvalue weighted by atomic mass is 9.93. The van der Waals surface area contributed by atoms with Crippen molar-refractivity contribution in [3.63, 3.8) is 0 Å². The van der Waals surface area contributed by atoms with E-state index in [9.17, 15) is 27.5 Å². The number of amides is 1. The first-order valence-electron chi connectivity index (χ1n) is 14.2. The number of nitrogens with two attached hydrogens (primary N) is 1. The van der Waals surface area contributed by atoms with Gasteiger partial charge >= 0.3 is 5.97 Å². The second-order valence-corrected chi connectivity index (χ2v) is 13.3. The van der Waals surface area contributed by atoms with Gasteiger partial charge in [-0.25, -0.2) is 17.8 Å². The summed E-state index contributed by atoms with van der Waals surface area (Å²) in [5.41, 5.74) is 7.22. The summed E-state index contributed by atoms with van der Waals surface area (Å²) >= 11 is 0. The van der Waals surface area contributed by atoms with Gasteiger partial charge < -0.3 is 25.8 Å². The molecule has 0 bridgehead atoms. The molecule has 2 heterocycles. The number of benzene rings is 3. The van der Waals surface area contributed by atoms with Crippen LogP contribution in [0.4, 0.5) is 15.9 Å². The molecule has 0 spiro atoms. The van der Waals surface area contributed by atoms with Crippen molar-refractivity contribution in [3.05, 3.63) is 89.9 Å². The number of sulfone groups is 1. The number of pyridine rings is 1. The SMILES string of the molecule is COc1cc(C(Nc2ccc3c(N)nccc3c2)C(=O)N2CC[C@@H](C(=O)O)[C@@H]2c2ccccc2S(=O)(=O)C2CC2)ccc1F. The maximum Gasteiger partial charge on any atom is 0.309 e. The number of aliphatic carboxylic acids is 1. The first-order valence-corrected chi connectivity index (χ1v) is 15.7. The number of hydrogen-bond acceptors (Lipinski definition) is 8. The number of nitrogen functional groups attached to an aromatic ring is 1. The Balaban J connectivity index is 1.44. The molecule has 1 unspecified atom stereocenters. The number of fused-ring (bicyclic) bond motifs is 1. The minimum atomic E-state index is -3.71. The van der Waals surface area contributed by atoms with Gasteiger partial charge in [0.2, 0.25) is 5.91 Å². The van der Waals surface area contributed by atoms with Crippen LogP contribution >= 0.6 is 0 Å². The Hall–Kier alpha value is -4.71. The van der Waals surface area contributed by atoms with Crippen molar-refractivity contribution in [2.45, 2.75) is 41.5 Å². The van der Waals surface area contributed by atoms with Crippen LogP contribution in [0.15, 0.2) is 77.8 Å². The lowest BCUT2D eigenvalue weighted by Gasteiger charge is -2.32. The number of rotatable bonds is 9. The number of nitrogens with zero attached hydrogens (tertiary/aromatic N) is 2. The summed E-state index contributed by atoms with van der Waals surface area (Å²) in [5, 5.41) is 14.4. The summed E-state index contributed by atoms with van der Waals surface area (Å²) < 4.78 is 46.5. The van der Waals surface area contributed by atoms with Crippen molar-refractivity contribution in [3.8, 4) is 5.75 Å². The van der Waals surface area contributed by atoms with Gasteiger partial charge in [0.15, 0.2) is 21.4 Å². The number of carboxylic acid groups (broad SMARTS) is 1. The molecule has 228 valence electrons.